The molecule has 0 aromatic rings. The summed E-state index contributed by atoms with van der Waals surface area (Å²) < 4.78 is 0. The van der Waals surface area contributed by atoms with Crippen molar-refractivity contribution in [1.29, 1.82) is 0 Å². The van der Waals surface area contributed by atoms with Gasteiger partial charge in [-0.3, -0.25) is 0 Å². The van der Waals surface area contributed by atoms with Gasteiger partial charge in [0.1, 0.15) is 0 Å². The van der Waals surface area contributed by atoms with Crippen LogP contribution in [0.15, 0.2) is 0 Å². The molecule has 1 fully saturated rings. The lowest BCUT2D eigenvalue weighted by Gasteiger charge is -2.31. The second kappa shape index (κ2) is 6.38. The van der Waals surface area contributed by atoms with Crippen molar-refractivity contribution >= 4 is 0 Å². The fourth-order valence-corrected chi connectivity index (χ4v) is 2.05. The number of aliphatic hydroxyl groups is 1. The number of nitrogens with zero attached hydrogens (tertiary/aromatic N) is 1. The molecule has 3 nitrogen and oxygen atoms in total. The predicted molar refractivity (Wildman–Crippen MR) is 59.4 cm³/mol. The lowest BCUT2D eigenvalue weighted by molar-refractivity contribution is 0.181. The molecule has 1 rings (SSSR count). The van der Waals surface area contributed by atoms with Crippen molar-refractivity contribution in [1.82, 2.24) is 10.2 Å². The van der Waals surface area contributed by atoms with E-state index in [9.17, 15) is 0 Å². The molecule has 1 saturated carbocycles. The molecule has 0 radical (unpaired) electrons. The first-order valence-electron chi connectivity index (χ1n) is 5.73. The van der Waals surface area contributed by atoms with Gasteiger partial charge >= 0.3 is 0 Å². The normalized spacial score (nSPS) is 19.7. The van der Waals surface area contributed by atoms with E-state index < -0.39 is 0 Å². The van der Waals surface area contributed by atoms with Crippen molar-refractivity contribution in [3.05, 3.63) is 0 Å². The van der Waals surface area contributed by atoms with Gasteiger partial charge in [-0.1, -0.05) is 6.42 Å². The van der Waals surface area contributed by atoms with Crippen molar-refractivity contribution in [2.75, 3.05) is 33.8 Å². The lowest BCUT2D eigenvalue weighted by Crippen LogP contribution is -2.40. The fraction of sp³-hybridized carbons (Fsp3) is 1.00. The fourth-order valence-electron chi connectivity index (χ4n) is 2.05. The van der Waals surface area contributed by atoms with E-state index in [1.807, 2.05) is 7.05 Å². The molecule has 1 aliphatic rings. The lowest BCUT2D eigenvalue weighted by atomic mass is 9.85. The predicted octanol–water partition coefficient (Wildman–Crippen LogP) is 0.689. The van der Waals surface area contributed by atoms with E-state index in [1.54, 1.807) is 0 Å². The molecule has 1 atom stereocenters. The molecule has 0 aliphatic heterocycles. The van der Waals surface area contributed by atoms with E-state index in [4.69, 9.17) is 5.11 Å². The van der Waals surface area contributed by atoms with Crippen molar-refractivity contribution in [3.63, 3.8) is 0 Å². The summed E-state index contributed by atoms with van der Waals surface area (Å²) in [6.07, 6.45) is 5.10. The Hall–Kier alpha value is -0.120. The average Bonchev–Trinajstić information content (AvgIpc) is 2.11. The molecule has 0 aromatic heterocycles. The number of rotatable bonds is 7. The van der Waals surface area contributed by atoms with Crippen molar-refractivity contribution in [2.45, 2.75) is 31.7 Å². The van der Waals surface area contributed by atoms with Crippen LogP contribution in [0, 0.1) is 5.92 Å². The minimum atomic E-state index is 0.281. The number of nitrogens with one attached hydrogen (secondary N) is 1. The third-order valence-corrected chi connectivity index (χ3v) is 3.21. The molecular formula is C11H24N2O. The van der Waals surface area contributed by atoms with Gasteiger partial charge in [0.05, 0.1) is 0 Å². The van der Waals surface area contributed by atoms with Gasteiger partial charge in [0.25, 0.3) is 0 Å². The monoisotopic (exact) mass is 200 g/mol. The van der Waals surface area contributed by atoms with Gasteiger partial charge in [0.2, 0.25) is 0 Å². The highest BCUT2D eigenvalue weighted by molar-refractivity contribution is 4.75. The molecule has 0 amide bonds. The van der Waals surface area contributed by atoms with E-state index in [2.05, 4.69) is 17.3 Å². The Bertz CT molecular complexity index is 148. The number of aliphatic hydroxyl groups excluding tert-OH is 1. The highest BCUT2D eigenvalue weighted by Gasteiger charge is 2.19. The number of hydrogen-bond donors (Lipinski definition) is 2. The smallest absolute Gasteiger partial charge is 0.0446 e. The minimum Gasteiger partial charge on any atom is -0.396 e. The van der Waals surface area contributed by atoms with Gasteiger partial charge in [-0.15, -0.1) is 0 Å². The SMILES string of the molecule is CNC(CCO)CN(C)CC1CCC1. The molecule has 0 saturated heterocycles. The Kier molecular flexibility index (Phi) is 5.45. The van der Waals surface area contributed by atoms with Crippen LogP contribution in [0.1, 0.15) is 25.7 Å². The molecule has 1 unspecified atom stereocenters. The van der Waals surface area contributed by atoms with E-state index in [0.717, 1.165) is 18.9 Å². The first kappa shape index (κ1) is 12.0. The molecule has 0 bridgehead atoms. The van der Waals surface area contributed by atoms with E-state index >= 15 is 0 Å². The molecule has 0 heterocycles. The summed E-state index contributed by atoms with van der Waals surface area (Å²) in [5, 5.41) is 12.1. The summed E-state index contributed by atoms with van der Waals surface area (Å²) in [4.78, 5) is 2.39. The topological polar surface area (TPSA) is 35.5 Å². The molecule has 1 aliphatic carbocycles. The third-order valence-electron chi connectivity index (χ3n) is 3.21. The zero-order valence-electron chi connectivity index (χ0n) is 9.50. The standard InChI is InChI=1S/C11H24N2O/c1-12-11(6-7-14)9-13(2)8-10-4-3-5-10/h10-12,14H,3-9H2,1-2H3. The Morgan fingerprint density at radius 2 is 2.21 bits per heavy atom. The summed E-state index contributed by atoms with van der Waals surface area (Å²) in [6, 6.07) is 0.435. The van der Waals surface area contributed by atoms with Crippen molar-refractivity contribution in [2.24, 2.45) is 5.92 Å². The van der Waals surface area contributed by atoms with Gasteiger partial charge in [-0.25, -0.2) is 0 Å². The second-order valence-corrected chi connectivity index (χ2v) is 4.52. The summed E-state index contributed by atoms with van der Waals surface area (Å²) >= 11 is 0. The summed E-state index contributed by atoms with van der Waals surface area (Å²) in [6.45, 7) is 2.56. The van der Waals surface area contributed by atoms with Crippen LogP contribution in [0.2, 0.25) is 0 Å². The van der Waals surface area contributed by atoms with Gasteiger partial charge in [0, 0.05) is 25.7 Å². The average molecular weight is 200 g/mol. The van der Waals surface area contributed by atoms with Crippen molar-refractivity contribution < 1.29 is 5.11 Å². The maximum absolute atomic E-state index is 8.86. The van der Waals surface area contributed by atoms with Crippen LogP contribution in [-0.4, -0.2) is 49.8 Å². The van der Waals surface area contributed by atoms with Crippen LogP contribution in [0.3, 0.4) is 0 Å². The molecule has 3 heteroatoms. The third kappa shape index (κ3) is 3.95. The van der Waals surface area contributed by atoms with Gasteiger partial charge in [0.15, 0.2) is 0 Å². The second-order valence-electron chi connectivity index (χ2n) is 4.52. The van der Waals surface area contributed by atoms with Crippen LogP contribution >= 0.6 is 0 Å². The van der Waals surface area contributed by atoms with Gasteiger partial charge in [-0.2, -0.15) is 0 Å². The maximum Gasteiger partial charge on any atom is 0.0446 e. The van der Waals surface area contributed by atoms with E-state index in [-0.39, 0.29) is 6.61 Å². The van der Waals surface area contributed by atoms with Gasteiger partial charge < -0.3 is 15.3 Å². The zero-order valence-corrected chi connectivity index (χ0v) is 9.50. The quantitative estimate of drug-likeness (QED) is 0.634. The molecular weight excluding hydrogens is 176 g/mol. The highest BCUT2D eigenvalue weighted by Crippen LogP contribution is 2.26. The van der Waals surface area contributed by atoms with Crippen LogP contribution in [-0.2, 0) is 0 Å². The van der Waals surface area contributed by atoms with E-state index in [1.165, 1.54) is 25.8 Å². The number of hydrogen-bond acceptors (Lipinski definition) is 3. The van der Waals surface area contributed by atoms with Crippen LogP contribution < -0.4 is 5.32 Å². The Morgan fingerprint density at radius 1 is 1.50 bits per heavy atom. The molecule has 84 valence electrons. The largest absolute Gasteiger partial charge is 0.396 e. The Balaban J connectivity index is 2.12. The van der Waals surface area contributed by atoms with Gasteiger partial charge in [-0.05, 0) is 39.3 Å². The summed E-state index contributed by atoms with van der Waals surface area (Å²) in [5.41, 5.74) is 0. The Morgan fingerprint density at radius 3 is 2.64 bits per heavy atom. The highest BCUT2D eigenvalue weighted by atomic mass is 16.3. The molecule has 0 spiro atoms. The van der Waals surface area contributed by atoms with E-state index in [0.29, 0.717) is 6.04 Å². The minimum absolute atomic E-state index is 0.281. The van der Waals surface area contributed by atoms with Crippen molar-refractivity contribution in [3.8, 4) is 0 Å². The zero-order chi connectivity index (χ0) is 10.4. The Labute approximate surface area is 87.5 Å². The maximum atomic E-state index is 8.86. The molecule has 0 aromatic carbocycles. The first-order chi connectivity index (χ1) is 6.76. The van der Waals surface area contributed by atoms with Crippen LogP contribution in [0.5, 0.6) is 0 Å². The number of likely N-dealkylation sites (N-methyl/N-ethyl adjacent to an activating group) is 2. The molecule has 14 heavy (non-hydrogen) atoms. The summed E-state index contributed by atoms with van der Waals surface area (Å²) in [5.74, 6) is 0.937. The first-order valence-corrected chi connectivity index (χ1v) is 5.73. The summed E-state index contributed by atoms with van der Waals surface area (Å²) in [7, 11) is 4.15. The van der Waals surface area contributed by atoms with Crippen LogP contribution in [0.4, 0.5) is 0 Å². The van der Waals surface area contributed by atoms with Crippen LogP contribution in [0.25, 0.3) is 0 Å². The molecule has 2 N–H and O–H groups in total.